The number of nitrogens with one attached hydrogen (secondary N) is 1. The maximum atomic E-state index is 12.1. The third kappa shape index (κ3) is 5.01. The van der Waals surface area contributed by atoms with Crippen LogP contribution >= 0.6 is 0 Å². The Balaban J connectivity index is 1.80. The molecule has 0 heterocycles. The lowest BCUT2D eigenvalue weighted by Gasteiger charge is -2.12. The highest BCUT2D eigenvalue weighted by atomic mass is 16.5. The first kappa shape index (κ1) is 17.9. The molecule has 0 saturated heterocycles. The van der Waals surface area contributed by atoms with Crippen molar-refractivity contribution in [2.45, 2.75) is 33.6 Å². The van der Waals surface area contributed by atoms with E-state index in [4.69, 9.17) is 9.47 Å². The molecule has 0 aliphatic heterocycles. The first-order valence-corrected chi connectivity index (χ1v) is 8.14. The van der Waals surface area contributed by atoms with Crippen molar-refractivity contribution < 1.29 is 14.3 Å². The van der Waals surface area contributed by atoms with Crippen LogP contribution in [0.5, 0.6) is 11.5 Å². The predicted octanol–water partition coefficient (Wildman–Crippen LogP) is 4.42. The van der Waals surface area contributed by atoms with Gasteiger partial charge in [-0.2, -0.15) is 0 Å². The van der Waals surface area contributed by atoms with Gasteiger partial charge < -0.3 is 14.8 Å². The molecule has 0 bridgehead atoms. The summed E-state index contributed by atoms with van der Waals surface area (Å²) in [5.74, 6) is 1.50. The Morgan fingerprint density at radius 3 is 2.33 bits per heavy atom. The summed E-state index contributed by atoms with van der Waals surface area (Å²) in [4.78, 5) is 12.1. The maximum absolute atomic E-state index is 12.1. The number of amides is 1. The quantitative estimate of drug-likeness (QED) is 0.766. The third-order valence-electron chi connectivity index (χ3n) is 3.77. The lowest BCUT2D eigenvalue weighted by molar-refractivity contribution is -0.116. The minimum absolute atomic E-state index is 0.0388. The highest BCUT2D eigenvalue weighted by molar-refractivity contribution is 5.92. The van der Waals surface area contributed by atoms with E-state index in [9.17, 15) is 4.79 Å². The van der Waals surface area contributed by atoms with E-state index in [-0.39, 0.29) is 5.91 Å². The second-order valence-corrected chi connectivity index (χ2v) is 5.97. The fourth-order valence-corrected chi connectivity index (χ4v) is 2.51. The summed E-state index contributed by atoms with van der Waals surface area (Å²) in [7, 11) is 1.60. The maximum Gasteiger partial charge on any atom is 0.224 e. The molecular weight excluding hydrogens is 302 g/mol. The summed E-state index contributed by atoms with van der Waals surface area (Å²) < 4.78 is 11.0. The average molecular weight is 327 g/mol. The molecule has 1 amide bonds. The molecule has 0 atom stereocenters. The molecule has 0 fully saturated rings. The Labute approximate surface area is 143 Å². The normalized spacial score (nSPS) is 10.3. The van der Waals surface area contributed by atoms with Crippen molar-refractivity contribution in [2.75, 3.05) is 19.0 Å². The number of ether oxygens (including phenoxy) is 2. The molecule has 1 N–H and O–H groups in total. The highest BCUT2D eigenvalue weighted by Crippen LogP contribution is 2.25. The molecule has 2 aromatic carbocycles. The molecule has 0 unspecified atom stereocenters. The van der Waals surface area contributed by atoms with Crippen LogP contribution < -0.4 is 14.8 Å². The average Bonchev–Trinajstić information content (AvgIpc) is 2.53. The summed E-state index contributed by atoms with van der Waals surface area (Å²) in [5, 5.41) is 2.90. The first-order valence-electron chi connectivity index (χ1n) is 8.14. The molecule has 0 radical (unpaired) electrons. The van der Waals surface area contributed by atoms with Crippen molar-refractivity contribution in [3.05, 3.63) is 53.1 Å². The van der Waals surface area contributed by atoms with Crippen LogP contribution in [0.1, 0.15) is 29.5 Å². The number of rotatable bonds is 7. The minimum atomic E-state index is -0.0388. The molecule has 0 saturated carbocycles. The summed E-state index contributed by atoms with van der Waals surface area (Å²) in [5.41, 5.74) is 4.11. The number of carbonyl (C=O) groups excluding carboxylic acids is 1. The van der Waals surface area contributed by atoms with Crippen LogP contribution in [0.3, 0.4) is 0 Å². The van der Waals surface area contributed by atoms with E-state index < -0.39 is 0 Å². The topological polar surface area (TPSA) is 47.6 Å². The fourth-order valence-electron chi connectivity index (χ4n) is 2.51. The van der Waals surface area contributed by atoms with Gasteiger partial charge in [0.25, 0.3) is 0 Å². The van der Waals surface area contributed by atoms with Crippen LogP contribution in [0.25, 0.3) is 0 Å². The van der Waals surface area contributed by atoms with E-state index in [2.05, 4.69) is 18.3 Å². The molecule has 128 valence electrons. The zero-order chi connectivity index (χ0) is 17.5. The van der Waals surface area contributed by atoms with Gasteiger partial charge in [0.2, 0.25) is 5.91 Å². The number of carbonyl (C=O) groups is 1. The Kier molecular flexibility index (Phi) is 6.24. The van der Waals surface area contributed by atoms with Crippen molar-refractivity contribution in [1.82, 2.24) is 0 Å². The van der Waals surface area contributed by atoms with Gasteiger partial charge in [0.15, 0.2) is 0 Å². The Bertz CT molecular complexity index is 710. The SMILES string of the molecule is COc1ccc(C)cc1NC(=O)CCCOc1ccc(C)cc1C. The smallest absolute Gasteiger partial charge is 0.224 e. The second-order valence-electron chi connectivity index (χ2n) is 5.97. The molecule has 4 nitrogen and oxygen atoms in total. The lowest BCUT2D eigenvalue weighted by atomic mass is 10.1. The summed E-state index contributed by atoms with van der Waals surface area (Å²) in [6, 6.07) is 11.8. The van der Waals surface area contributed by atoms with Crippen LogP contribution in [0.2, 0.25) is 0 Å². The van der Waals surface area contributed by atoms with Gasteiger partial charge >= 0.3 is 0 Å². The number of methoxy groups -OCH3 is 1. The van der Waals surface area contributed by atoms with Crippen LogP contribution in [0.4, 0.5) is 5.69 Å². The van der Waals surface area contributed by atoms with E-state index in [1.807, 2.05) is 44.2 Å². The van der Waals surface area contributed by atoms with Crippen LogP contribution in [0, 0.1) is 20.8 Å². The molecule has 0 spiro atoms. The highest BCUT2D eigenvalue weighted by Gasteiger charge is 2.08. The van der Waals surface area contributed by atoms with Crippen molar-refractivity contribution in [3.8, 4) is 11.5 Å². The van der Waals surface area contributed by atoms with E-state index >= 15 is 0 Å². The van der Waals surface area contributed by atoms with E-state index in [0.29, 0.717) is 30.9 Å². The van der Waals surface area contributed by atoms with Crippen LogP contribution in [0.15, 0.2) is 36.4 Å². The first-order chi connectivity index (χ1) is 11.5. The van der Waals surface area contributed by atoms with Crippen molar-refractivity contribution in [3.63, 3.8) is 0 Å². The second kappa shape index (κ2) is 8.39. The van der Waals surface area contributed by atoms with Gasteiger partial charge in [0.05, 0.1) is 19.4 Å². The molecule has 24 heavy (non-hydrogen) atoms. The van der Waals surface area contributed by atoms with Crippen molar-refractivity contribution in [1.29, 1.82) is 0 Å². The number of benzene rings is 2. The van der Waals surface area contributed by atoms with E-state index in [0.717, 1.165) is 16.9 Å². The monoisotopic (exact) mass is 327 g/mol. The molecule has 0 aliphatic carbocycles. The van der Waals surface area contributed by atoms with Gasteiger partial charge in [0.1, 0.15) is 11.5 Å². The van der Waals surface area contributed by atoms with Crippen molar-refractivity contribution >= 4 is 11.6 Å². The number of anilines is 1. The van der Waals surface area contributed by atoms with E-state index in [1.165, 1.54) is 5.56 Å². The molecule has 0 aliphatic rings. The van der Waals surface area contributed by atoms with Crippen LogP contribution in [-0.4, -0.2) is 19.6 Å². The Morgan fingerprint density at radius 2 is 1.67 bits per heavy atom. The van der Waals surface area contributed by atoms with Gasteiger partial charge in [-0.05, 0) is 56.5 Å². The lowest BCUT2D eigenvalue weighted by Crippen LogP contribution is -2.13. The minimum Gasteiger partial charge on any atom is -0.495 e. The standard InChI is InChI=1S/C20H25NO3/c1-14-7-9-18(16(3)12-14)24-11-5-6-20(22)21-17-13-15(2)8-10-19(17)23-4/h7-10,12-13H,5-6,11H2,1-4H3,(H,21,22). The molecule has 0 aromatic heterocycles. The zero-order valence-electron chi connectivity index (χ0n) is 14.8. The molecule has 2 aromatic rings. The summed E-state index contributed by atoms with van der Waals surface area (Å²) in [6.07, 6.45) is 1.06. The van der Waals surface area contributed by atoms with Gasteiger partial charge in [-0.1, -0.05) is 23.8 Å². The summed E-state index contributed by atoms with van der Waals surface area (Å²) in [6.45, 7) is 6.58. The predicted molar refractivity (Wildman–Crippen MR) is 97.0 cm³/mol. The molecule has 4 heteroatoms. The fraction of sp³-hybridized carbons (Fsp3) is 0.350. The number of aryl methyl sites for hydroxylation is 3. The molecule has 2 rings (SSSR count). The van der Waals surface area contributed by atoms with Crippen molar-refractivity contribution in [2.24, 2.45) is 0 Å². The van der Waals surface area contributed by atoms with Crippen LogP contribution in [-0.2, 0) is 4.79 Å². The Morgan fingerprint density at radius 1 is 1.00 bits per heavy atom. The van der Waals surface area contributed by atoms with Gasteiger partial charge in [-0.25, -0.2) is 0 Å². The third-order valence-corrected chi connectivity index (χ3v) is 3.77. The van der Waals surface area contributed by atoms with Gasteiger partial charge in [-0.15, -0.1) is 0 Å². The van der Waals surface area contributed by atoms with Gasteiger partial charge in [0, 0.05) is 6.42 Å². The number of hydrogen-bond acceptors (Lipinski definition) is 3. The largest absolute Gasteiger partial charge is 0.495 e. The number of hydrogen-bond donors (Lipinski definition) is 1. The zero-order valence-corrected chi connectivity index (χ0v) is 14.8. The summed E-state index contributed by atoms with van der Waals surface area (Å²) >= 11 is 0. The van der Waals surface area contributed by atoms with Gasteiger partial charge in [-0.3, -0.25) is 4.79 Å². The van der Waals surface area contributed by atoms with E-state index in [1.54, 1.807) is 7.11 Å². The Hall–Kier alpha value is -2.49. The molecular formula is C20H25NO3.